The molecule has 1 unspecified atom stereocenters. The standard InChI is InChI=1S/C15H20N2O2S.ClH/c16-9-10-5-6-13(19-10)15(18)17-12-7-8-20-14-4-2-1-3-11(12)14;/h1-4,10,12-13H,5-9,16H2,(H,17,18);1H/t10-,12?,13+;/m1./s1. The number of halogens is 1. The number of thioether (sulfide) groups is 1. The molecule has 1 aromatic carbocycles. The van der Waals surface area contributed by atoms with Crippen LogP contribution < -0.4 is 11.1 Å². The van der Waals surface area contributed by atoms with E-state index in [1.165, 1.54) is 10.5 Å². The molecule has 3 atom stereocenters. The molecule has 2 aliphatic heterocycles. The number of fused-ring (bicyclic) bond motifs is 1. The minimum atomic E-state index is -0.328. The molecule has 0 aromatic heterocycles. The van der Waals surface area contributed by atoms with Gasteiger partial charge in [-0.15, -0.1) is 24.2 Å². The molecule has 0 radical (unpaired) electrons. The molecule has 3 rings (SSSR count). The van der Waals surface area contributed by atoms with E-state index in [1.807, 2.05) is 23.9 Å². The summed E-state index contributed by atoms with van der Waals surface area (Å²) in [5, 5.41) is 3.14. The topological polar surface area (TPSA) is 64.4 Å². The Bertz CT molecular complexity index is 500. The SMILES string of the molecule is Cl.NC[C@H]1CC[C@@H](C(=O)NC2CCSc3ccccc32)O1. The highest BCUT2D eigenvalue weighted by Crippen LogP contribution is 2.36. The van der Waals surface area contributed by atoms with E-state index in [4.69, 9.17) is 10.5 Å². The van der Waals surface area contributed by atoms with E-state index in [-0.39, 0.29) is 36.6 Å². The van der Waals surface area contributed by atoms with Crippen molar-refractivity contribution < 1.29 is 9.53 Å². The monoisotopic (exact) mass is 328 g/mol. The number of hydrogen-bond acceptors (Lipinski definition) is 4. The van der Waals surface area contributed by atoms with Crippen LogP contribution >= 0.6 is 24.2 Å². The molecule has 2 heterocycles. The first-order chi connectivity index (χ1) is 9.78. The first-order valence-electron chi connectivity index (χ1n) is 7.15. The Kier molecular flexibility index (Phi) is 5.93. The van der Waals surface area contributed by atoms with Crippen LogP contribution in [0.1, 0.15) is 30.9 Å². The number of ether oxygens (including phenoxy) is 1. The summed E-state index contributed by atoms with van der Waals surface area (Å²) in [5.41, 5.74) is 6.81. The van der Waals surface area contributed by atoms with Gasteiger partial charge in [0.15, 0.2) is 0 Å². The van der Waals surface area contributed by atoms with Gasteiger partial charge in [-0.3, -0.25) is 4.79 Å². The summed E-state index contributed by atoms with van der Waals surface area (Å²) in [7, 11) is 0. The third kappa shape index (κ3) is 3.72. The maximum absolute atomic E-state index is 12.3. The average Bonchev–Trinajstić information content (AvgIpc) is 2.97. The zero-order valence-electron chi connectivity index (χ0n) is 11.8. The van der Waals surface area contributed by atoms with E-state index < -0.39 is 0 Å². The van der Waals surface area contributed by atoms with Crippen LogP contribution in [0.25, 0.3) is 0 Å². The summed E-state index contributed by atoms with van der Waals surface area (Å²) in [4.78, 5) is 13.6. The molecular formula is C15H21ClN2O2S. The summed E-state index contributed by atoms with van der Waals surface area (Å²) in [6.07, 6.45) is 2.34. The largest absolute Gasteiger partial charge is 0.364 e. The number of hydrogen-bond donors (Lipinski definition) is 2. The first-order valence-corrected chi connectivity index (χ1v) is 8.14. The predicted molar refractivity (Wildman–Crippen MR) is 86.9 cm³/mol. The molecule has 21 heavy (non-hydrogen) atoms. The fourth-order valence-corrected chi connectivity index (χ4v) is 3.95. The van der Waals surface area contributed by atoms with Crippen molar-refractivity contribution in [1.29, 1.82) is 0 Å². The van der Waals surface area contributed by atoms with Crippen molar-refractivity contribution in [3.63, 3.8) is 0 Å². The van der Waals surface area contributed by atoms with E-state index in [0.717, 1.165) is 25.0 Å². The highest BCUT2D eigenvalue weighted by atomic mass is 35.5. The predicted octanol–water partition coefficient (Wildman–Crippen LogP) is 2.27. The van der Waals surface area contributed by atoms with Crippen LogP contribution in [0.15, 0.2) is 29.2 Å². The first kappa shape index (κ1) is 16.6. The van der Waals surface area contributed by atoms with Crippen molar-refractivity contribution in [2.24, 2.45) is 5.73 Å². The second kappa shape index (κ2) is 7.49. The molecule has 1 saturated heterocycles. The zero-order chi connectivity index (χ0) is 13.9. The van der Waals surface area contributed by atoms with Crippen LogP contribution in [0, 0.1) is 0 Å². The van der Waals surface area contributed by atoms with Crippen LogP contribution in [0.4, 0.5) is 0 Å². The van der Waals surface area contributed by atoms with Gasteiger partial charge < -0.3 is 15.8 Å². The third-order valence-electron chi connectivity index (χ3n) is 3.94. The van der Waals surface area contributed by atoms with E-state index in [9.17, 15) is 4.79 Å². The second-order valence-corrected chi connectivity index (χ2v) is 6.43. The summed E-state index contributed by atoms with van der Waals surface area (Å²) in [5.74, 6) is 1.05. The maximum Gasteiger partial charge on any atom is 0.249 e. The van der Waals surface area contributed by atoms with Crippen LogP contribution in [0.3, 0.4) is 0 Å². The summed E-state index contributed by atoms with van der Waals surface area (Å²) >= 11 is 1.86. The molecule has 1 fully saturated rings. The second-order valence-electron chi connectivity index (χ2n) is 5.30. The van der Waals surface area contributed by atoms with Crippen molar-refractivity contribution in [1.82, 2.24) is 5.32 Å². The quantitative estimate of drug-likeness (QED) is 0.893. The van der Waals surface area contributed by atoms with Gasteiger partial charge in [0.2, 0.25) is 5.91 Å². The van der Waals surface area contributed by atoms with Gasteiger partial charge in [0.05, 0.1) is 12.1 Å². The Labute approximate surface area is 135 Å². The Morgan fingerprint density at radius 2 is 2.14 bits per heavy atom. The molecule has 116 valence electrons. The Hall–Kier alpha value is -0.750. The number of rotatable bonds is 3. The van der Waals surface area contributed by atoms with Gasteiger partial charge in [-0.25, -0.2) is 0 Å². The lowest BCUT2D eigenvalue weighted by molar-refractivity contribution is -0.132. The van der Waals surface area contributed by atoms with E-state index in [1.54, 1.807) is 0 Å². The van der Waals surface area contributed by atoms with Crippen molar-refractivity contribution in [3.05, 3.63) is 29.8 Å². The molecule has 1 amide bonds. The van der Waals surface area contributed by atoms with E-state index in [2.05, 4.69) is 17.4 Å². The van der Waals surface area contributed by atoms with Crippen molar-refractivity contribution in [2.75, 3.05) is 12.3 Å². The molecule has 6 heteroatoms. The minimum Gasteiger partial charge on any atom is -0.364 e. The van der Waals surface area contributed by atoms with Crippen LogP contribution in [0.2, 0.25) is 0 Å². The smallest absolute Gasteiger partial charge is 0.249 e. The number of nitrogens with two attached hydrogens (primary N) is 1. The summed E-state index contributed by atoms with van der Waals surface area (Å²) in [6.45, 7) is 0.493. The fraction of sp³-hybridized carbons (Fsp3) is 0.533. The summed E-state index contributed by atoms with van der Waals surface area (Å²) < 4.78 is 5.66. The maximum atomic E-state index is 12.3. The fourth-order valence-electron chi connectivity index (χ4n) is 2.83. The highest BCUT2D eigenvalue weighted by molar-refractivity contribution is 7.99. The molecule has 0 saturated carbocycles. The van der Waals surface area contributed by atoms with Gasteiger partial charge in [-0.2, -0.15) is 0 Å². The zero-order valence-corrected chi connectivity index (χ0v) is 13.4. The normalized spacial score (nSPS) is 27.6. The number of benzene rings is 1. The Morgan fingerprint density at radius 3 is 2.90 bits per heavy atom. The molecule has 3 N–H and O–H groups in total. The molecular weight excluding hydrogens is 308 g/mol. The van der Waals surface area contributed by atoms with Gasteiger partial charge in [0.1, 0.15) is 6.10 Å². The van der Waals surface area contributed by atoms with Gasteiger partial charge in [0, 0.05) is 17.2 Å². The minimum absolute atomic E-state index is 0. The van der Waals surface area contributed by atoms with Gasteiger partial charge in [-0.1, -0.05) is 18.2 Å². The number of carbonyl (C=O) groups excluding carboxylic acids is 1. The number of amides is 1. The van der Waals surface area contributed by atoms with Crippen molar-refractivity contribution in [2.45, 2.75) is 42.4 Å². The van der Waals surface area contributed by atoms with Crippen LogP contribution in [-0.2, 0) is 9.53 Å². The molecule has 0 bridgehead atoms. The highest BCUT2D eigenvalue weighted by Gasteiger charge is 2.32. The van der Waals surface area contributed by atoms with Crippen LogP contribution in [-0.4, -0.2) is 30.4 Å². The van der Waals surface area contributed by atoms with Crippen molar-refractivity contribution >= 4 is 30.1 Å². The van der Waals surface area contributed by atoms with E-state index in [0.29, 0.717) is 6.54 Å². The average molecular weight is 329 g/mol. The molecule has 0 aliphatic carbocycles. The summed E-state index contributed by atoms with van der Waals surface area (Å²) in [6, 6.07) is 8.41. The lowest BCUT2D eigenvalue weighted by Crippen LogP contribution is -2.38. The lowest BCUT2D eigenvalue weighted by Gasteiger charge is -2.27. The Balaban J connectivity index is 0.00000161. The molecule has 1 aromatic rings. The molecule has 0 spiro atoms. The third-order valence-corrected chi connectivity index (χ3v) is 5.06. The molecule has 4 nitrogen and oxygen atoms in total. The Morgan fingerprint density at radius 1 is 1.33 bits per heavy atom. The van der Waals surface area contributed by atoms with Gasteiger partial charge in [-0.05, 0) is 30.9 Å². The van der Waals surface area contributed by atoms with E-state index >= 15 is 0 Å². The lowest BCUT2D eigenvalue weighted by atomic mass is 10.0. The van der Waals surface area contributed by atoms with Crippen molar-refractivity contribution in [3.8, 4) is 0 Å². The number of carbonyl (C=O) groups is 1. The van der Waals surface area contributed by atoms with Gasteiger partial charge >= 0.3 is 0 Å². The number of nitrogens with one attached hydrogen (secondary N) is 1. The van der Waals surface area contributed by atoms with Gasteiger partial charge in [0.25, 0.3) is 0 Å². The van der Waals surface area contributed by atoms with Crippen LogP contribution in [0.5, 0.6) is 0 Å². The molecule has 2 aliphatic rings.